The Morgan fingerprint density at radius 3 is 2.39 bits per heavy atom. The van der Waals surface area contributed by atoms with E-state index in [0.717, 1.165) is 45.4 Å². The van der Waals surface area contributed by atoms with Crippen LogP contribution in [0.1, 0.15) is 37.3 Å². The fourth-order valence-electron chi connectivity index (χ4n) is 3.20. The van der Waals surface area contributed by atoms with Crippen molar-refractivity contribution in [2.75, 3.05) is 32.8 Å². The SMILES string of the molecule is CCC(CO)N1CCN(C(=O)CCCc2ccc(C)cc2)CC1. The van der Waals surface area contributed by atoms with Crippen LogP contribution in [0.5, 0.6) is 0 Å². The summed E-state index contributed by atoms with van der Waals surface area (Å²) in [5.74, 6) is 0.272. The van der Waals surface area contributed by atoms with Gasteiger partial charge in [-0.1, -0.05) is 36.8 Å². The molecule has 1 atom stereocenters. The van der Waals surface area contributed by atoms with Crippen molar-refractivity contribution in [2.45, 2.75) is 45.6 Å². The van der Waals surface area contributed by atoms with Gasteiger partial charge in [-0.05, 0) is 31.7 Å². The molecule has 1 aliphatic heterocycles. The van der Waals surface area contributed by atoms with Crippen LogP contribution in [0.4, 0.5) is 0 Å². The second-order valence-corrected chi connectivity index (χ2v) is 6.50. The van der Waals surface area contributed by atoms with Crippen molar-refractivity contribution in [2.24, 2.45) is 0 Å². The summed E-state index contributed by atoms with van der Waals surface area (Å²) in [7, 11) is 0. The van der Waals surface area contributed by atoms with E-state index < -0.39 is 0 Å². The lowest BCUT2D eigenvalue weighted by atomic mass is 10.1. The third-order valence-corrected chi connectivity index (χ3v) is 4.84. The Bertz CT molecular complexity index is 475. The lowest BCUT2D eigenvalue weighted by Gasteiger charge is -2.38. The smallest absolute Gasteiger partial charge is 0.222 e. The number of amides is 1. The molecule has 1 unspecified atom stereocenters. The molecule has 4 heteroatoms. The molecule has 1 heterocycles. The summed E-state index contributed by atoms with van der Waals surface area (Å²) in [6, 6.07) is 8.80. The van der Waals surface area contributed by atoms with Gasteiger partial charge in [0, 0.05) is 38.6 Å². The summed E-state index contributed by atoms with van der Waals surface area (Å²) in [6.45, 7) is 7.74. The molecule has 128 valence electrons. The quantitative estimate of drug-likeness (QED) is 0.838. The average Bonchev–Trinajstić information content (AvgIpc) is 2.58. The van der Waals surface area contributed by atoms with Crippen LogP contribution in [-0.2, 0) is 11.2 Å². The summed E-state index contributed by atoms with van der Waals surface area (Å²) < 4.78 is 0. The molecule has 1 amide bonds. The topological polar surface area (TPSA) is 43.8 Å². The van der Waals surface area contributed by atoms with E-state index in [2.05, 4.69) is 43.0 Å². The van der Waals surface area contributed by atoms with Crippen molar-refractivity contribution in [3.8, 4) is 0 Å². The minimum Gasteiger partial charge on any atom is -0.395 e. The Morgan fingerprint density at radius 2 is 1.83 bits per heavy atom. The minimum absolute atomic E-state index is 0.209. The van der Waals surface area contributed by atoms with Gasteiger partial charge >= 0.3 is 0 Å². The van der Waals surface area contributed by atoms with Crippen molar-refractivity contribution in [3.05, 3.63) is 35.4 Å². The van der Waals surface area contributed by atoms with Crippen molar-refractivity contribution >= 4 is 5.91 Å². The number of hydrogen-bond donors (Lipinski definition) is 1. The normalized spacial score (nSPS) is 17.3. The zero-order valence-electron chi connectivity index (χ0n) is 14.5. The number of aryl methyl sites for hydroxylation is 2. The van der Waals surface area contributed by atoms with Crippen LogP contribution in [0.3, 0.4) is 0 Å². The molecule has 1 fully saturated rings. The van der Waals surface area contributed by atoms with Crippen LogP contribution in [0.2, 0.25) is 0 Å². The van der Waals surface area contributed by atoms with E-state index >= 15 is 0 Å². The summed E-state index contributed by atoms with van der Waals surface area (Å²) in [4.78, 5) is 16.6. The Labute approximate surface area is 140 Å². The molecule has 1 saturated heterocycles. The third kappa shape index (κ3) is 5.33. The van der Waals surface area contributed by atoms with Gasteiger partial charge in [0.15, 0.2) is 0 Å². The van der Waals surface area contributed by atoms with Crippen molar-refractivity contribution < 1.29 is 9.90 Å². The van der Waals surface area contributed by atoms with Crippen LogP contribution < -0.4 is 0 Å². The van der Waals surface area contributed by atoms with Crippen LogP contribution in [-0.4, -0.2) is 59.6 Å². The molecule has 0 saturated carbocycles. The van der Waals surface area contributed by atoms with E-state index in [-0.39, 0.29) is 18.6 Å². The van der Waals surface area contributed by atoms with Gasteiger partial charge < -0.3 is 10.0 Å². The molecule has 23 heavy (non-hydrogen) atoms. The van der Waals surface area contributed by atoms with Gasteiger partial charge in [-0.2, -0.15) is 0 Å². The number of rotatable bonds is 7. The number of nitrogens with zero attached hydrogens (tertiary/aromatic N) is 2. The molecule has 2 rings (SSSR count). The van der Waals surface area contributed by atoms with Gasteiger partial charge in [0.25, 0.3) is 0 Å². The number of carbonyl (C=O) groups is 1. The summed E-state index contributed by atoms with van der Waals surface area (Å²) in [5, 5.41) is 9.37. The van der Waals surface area contributed by atoms with Crippen molar-refractivity contribution in [1.82, 2.24) is 9.80 Å². The summed E-state index contributed by atoms with van der Waals surface area (Å²) in [6.07, 6.45) is 3.47. The van der Waals surface area contributed by atoms with Gasteiger partial charge in [0.1, 0.15) is 0 Å². The first-order valence-electron chi connectivity index (χ1n) is 8.82. The number of piperazine rings is 1. The minimum atomic E-state index is 0.209. The van der Waals surface area contributed by atoms with Gasteiger partial charge in [-0.15, -0.1) is 0 Å². The van der Waals surface area contributed by atoms with Crippen molar-refractivity contribution in [3.63, 3.8) is 0 Å². The van der Waals surface area contributed by atoms with Gasteiger partial charge in [0.05, 0.1) is 6.61 Å². The number of aliphatic hydroxyl groups is 1. The number of aliphatic hydroxyl groups excluding tert-OH is 1. The second kappa shape index (κ2) is 9.04. The van der Waals surface area contributed by atoms with Gasteiger partial charge in [-0.25, -0.2) is 0 Å². The predicted octanol–water partition coefficient (Wildman–Crippen LogP) is 2.23. The second-order valence-electron chi connectivity index (χ2n) is 6.50. The third-order valence-electron chi connectivity index (χ3n) is 4.84. The van der Waals surface area contributed by atoms with Crippen LogP contribution in [0.15, 0.2) is 24.3 Å². The molecule has 0 radical (unpaired) electrons. The van der Waals surface area contributed by atoms with E-state index in [1.807, 2.05) is 4.90 Å². The lowest BCUT2D eigenvalue weighted by molar-refractivity contribution is -0.133. The first-order valence-corrected chi connectivity index (χ1v) is 8.82. The monoisotopic (exact) mass is 318 g/mol. The summed E-state index contributed by atoms with van der Waals surface area (Å²) in [5.41, 5.74) is 2.58. The lowest BCUT2D eigenvalue weighted by Crippen LogP contribution is -2.52. The molecule has 4 nitrogen and oxygen atoms in total. The molecule has 0 aromatic heterocycles. The Kier molecular flexibility index (Phi) is 7.06. The van der Waals surface area contributed by atoms with E-state index in [0.29, 0.717) is 6.42 Å². The fourth-order valence-corrected chi connectivity index (χ4v) is 3.20. The van der Waals surface area contributed by atoms with Gasteiger partial charge in [-0.3, -0.25) is 9.69 Å². The standard InChI is InChI=1S/C19H30N2O2/c1-3-18(15-22)20-11-13-21(14-12-20)19(23)6-4-5-17-9-7-16(2)8-10-17/h7-10,18,22H,3-6,11-15H2,1-2H3. The van der Waals surface area contributed by atoms with E-state index in [1.54, 1.807) is 0 Å². The Hall–Kier alpha value is -1.39. The maximum Gasteiger partial charge on any atom is 0.222 e. The molecular formula is C19H30N2O2. The highest BCUT2D eigenvalue weighted by atomic mass is 16.3. The first kappa shape index (κ1) is 18.0. The van der Waals surface area contributed by atoms with Crippen molar-refractivity contribution in [1.29, 1.82) is 0 Å². The molecule has 1 aliphatic rings. The van der Waals surface area contributed by atoms with Crippen LogP contribution >= 0.6 is 0 Å². The highest BCUT2D eigenvalue weighted by molar-refractivity contribution is 5.76. The Morgan fingerprint density at radius 1 is 1.17 bits per heavy atom. The first-order chi connectivity index (χ1) is 11.1. The molecule has 1 N–H and O–H groups in total. The molecule has 0 spiro atoms. The predicted molar refractivity (Wildman–Crippen MR) is 93.4 cm³/mol. The highest BCUT2D eigenvalue weighted by Crippen LogP contribution is 2.12. The molecule has 0 bridgehead atoms. The zero-order chi connectivity index (χ0) is 16.7. The van der Waals surface area contributed by atoms with E-state index in [1.165, 1.54) is 11.1 Å². The zero-order valence-corrected chi connectivity index (χ0v) is 14.5. The molecule has 1 aromatic carbocycles. The average molecular weight is 318 g/mol. The Balaban J connectivity index is 1.69. The molecule has 1 aromatic rings. The largest absolute Gasteiger partial charge is 0.395 e. The number of hydrogen-bond acceptors (Lipinski definition) is 3. The van der Waals surface area contributed by atoms with Crippen LogP contribution in [0, 0.1) is 6.92 Å². The fraction of sp³-hybridized carbons (Fsp3) is 0.632. The molecule has 0 aliphatic carbocycles. The van der Waals surface area contributed by atoms with E-state index in [4.69, 9.17) is 0 Å². The highest BCUT2D eigenvalue weighted by Gasteiger charge is 2.24. The maximum atomic E-state index is 12.3. The van der Waals surface area contributed by atoms with E-state index in [9.17, 15) is 9.90 Å². The number of carbonyl (C=O) groups excluding carboxylic acids is 1. The summed E-state index contributed by atoms with van der Waals surface area (Å²) >= 11 is 0. The van der Waals surface area contributed by atoms with Gasteiger partial charge in [0.2, 0.25) is 5.91 Å². The molecular weight excluding hydrogens is 288 g/mol. The maximum absolute atomic E-state index is 12.3. The van der Waals surface area contributed by atoms with Crippen LogP contribution in [0.25, 0.3) is 0 Å². The number of benzene rings is 1.